The van der Waals surface area contributed by atoms with Crippen LogP contribution in [0.15, 0.2) is 0 Å². The fourth-order valence-corrected chi connectivity index (χ4v) is 3.17. The number of anilines is 1. The highest BCUT2D eigenvalue weighted by atomic mass is 16.5. The van der Waals surface area contributed by atoms with Crippen LogP contribution in [0, 0.1) is 18.8 Å². The number of hydrogen-bond acceptors (Lipinski definition) is 4. The first kappa shape index (κ1) is 14.5. The van der Waals surface area contributed by atoms with Crippen molar-refractivity contribution in [3.63, 3.8) is 0 Å². The molecule has 2 fully saturated rings. The number of aromatic nitrogens is 3. The molecule has 3 rings (SSSR count). The molecule has 0 spiro atoms. The summed E-state index contributed by atoms with van der Waals surface area (Å²) < 4.78 is 7.85. The number of hydrogen-bond donors (Lipinski definition) is 1. The van der Waals surface area contributed by atoms with Crippen molar-refractivity contribution in [3.05, 3.63) is 5.82 Å². The van der Waals surface area contributed by atoms with Crippen molar-refractivity contribution in [3.8, 4) is 0 Å². The van der Waals surface area contributed by atoms with E-state index >= 15 is 0 Å². The average molecular weight is 292 g/mol. The van der Waals surface area contributed by atoms with Gasteiger partial charge in [-0.05, 0) is 38.5 Å². The first-order valence-electron chi connectivity index (χ1n) is 7.92. The molecule has 0 radical (unpaired) electrons. The van der Waals surface area contributed by atoms with Crippen molar-refractivity contribution in [1.82, 2.24) is 14.8 Å². The molecular formula is C15H24N4O2. The molecule has 1 aromatic heterocycles. The molecule has 6 nitrogen and oxygen atoms in total. The normalized spacial score (nSPS) is 26.1. The summed E-state index contributed by atoms with van der Waals surface area (Å²) in [6.07, 6.45) is 4.10. The zero-order valence-electron chi connectivity index (χ0n) is 13.0. The SMILES string of the molecule is Cc1nnc(NC(=O)C2CCCOC2C(C)C)n1C1CC1. The summed E-state index contributed by atoms with van der Waals surface area (Å²) in [5, 5.41) is 11.2. The largest absolute Gasteiger partial charge is 0.377 e. The maximum atomic E-state index is 12.6. The van der Waals surface area contributed by atoms with E-state index in [1.54, 1.807) is 0 Å². The highest BCUT2D eigenvalue weighted by Crippen LogP contribution is 2.38. The number of aryl methyl sites for hydroxylation is 1. The van der Waals surface area contributed by atoms with E-state index in [1.807, 2.05) is 11.5 Å². The fraction of sp³-hybridized carbons (Fsp3) is 0.800. The molecule has 0 bridgehead atoms. The molecule has 1 saturated carbocycles. The molecule has 1 saturated heterocycles. The molecule has 2 aliphatic rings. The molecule has 1 aromatic rings. The third kappa shape index (κ3) is 2.95. The average Bonchev–Trinajstić information content (AvgIpc) is 3.23. The Morgan fingerprint density at radius 2 is 2.10 bits per heavy atom. The van der Waals surface area contributed by atoms with E-state index in [2.05, 4.69) is 29.4 Å². The molecule has 1 N–H and O–H groups in total. The monoisotopic (exact) mass is 292 g/mol. The van der Waals surface area contributed by atoms with E-state index in [1.165, 1.54) is 0 Å². The number of rotatable bonds is 4. The van der Waals surface area contributed by atoms with Gasteiger partial charge in [0.05, 0.1) is 12.0 Å². The Hall–Kier alpha value is -1.43. The minimum Gasteiger partial charge on any atom is -0.377 e. The third-order valence-electron chi connectivity index (χ3n) is 4.37. The predicted octanol–water partition coefficient (Wildman–Crippen LogP) is 2.31. The second-order valence-corrected chi connectivity index (χ2v) is 6.49. The number of amides is 1. The van der Waals surface area contributed by atoms with Gasteiger partial charge in [0.25, 0.3) is 0 Å². The summed E-state index contributed by atoms with van der Waals surface area (Å²) in [4.78, 5) is 12.6. The molecule has 2 atom stereocenters. The lowest BCUT2D eigenvalue weighted by atomic mass is 9.87. The van der Waals surface area contributed by atoms with Gasteiger partial charge in [-0.3, -0.25) is 14.7 Å². The Morgan fingerprint density at radius 3 is 2.76 bits per heavy atom. The Morgan fingerprint density at radius 1 is 1.33 bits per heavy atom. The molecule has 1 aliphatic heterocycles. The maximum absolute atomic E-state index is 12.6. The van der Waals surface area contributed by atoms with Crippen LogP contribution in [0.5, 0.6) is 0 Å². The van der Waals surface area contributed by atoms with Gasteiger partial charge in [0, 0.05) is 12.6 Å². The number of carbonyl (C=O) groups excluding carboxylic acids is 1. The Bertz CT molecular complexity index is 522. The van der Waals surface area contributed by atoms with Gasteiger partial charge in [-0.25, -0.2) is 0 Å². The van der Waals surface area contributed by atoms with Gasteiger partial charge in [0.15, 0.2) is 0 Å². The molecule has 0 aromatic carbocycles. The van der Waals surface area contributed by atoms with Crippen LogP contribution in [0.2, 0.25) is 0 Å². The maximum Gasteiger partial charge on any atom is 0.232 e. The number of ether oxygens (including phenoxy) is 1. The smallest absolute Gasteiger partial charge is 0.232 e. The summed E-state index contributed by atoms with van der Waals surface area (Å²) in [6, 6.07) is 0.457. The van der Waals surface area contributed by atoms with Crippen molar-refractivity contribution < 1.29 is 9.53 Å². The van der Waals surface area contributed by atoms with Crippen molar-refractivity contribution in [2.24, 2.45) is 11.8 Å². The zero-order valence-corrected chi connectivity index (χ0v) is 13.0. The van der Waals surface area contributed by atoms with Crippen LogP contribution in [0.4, 0.5) is 5.95 Å². The quantitative estimate of drug-likeness (QED) is 0.924. The van der Waals surface area contributed by atoms with Crippen LogP contribution in [-0.4, -0.2) is 33.4 Å². The van der Waals surface area contributed by atoms with Gasteiger partial charge < -0.3 is 4.74 Å². The Labute approximate surface area is 125 Å². The van der Waals surface area contributed by atoms with Crippen molar-refractivity contribution in [2.75, 3.05) is 11.9 Å². The van der Waals surface area contributed by atoms with Gasteiger partial charge in [-0.1, -0.05) is 13.8 Å². The molecule has 116 valence electrons. The lowest BCUT2D eigenvalue weighted by molar-refractivity contribution is -0.131. The van der Waals surface area contributed by atoms with Crippen molar-refractivity contribution in [2.45, 2.75) is 58.6 Å². The highest BCUT2D eigenvalue weighted by Gasteiger charge is 2.35. The zero-order chi connectivity index (χ0) is 15.0. The second-order valence-electron chi connectivity index (χ2n) is 6.49. The highest BCUT2D eigenvalue weighted by molar-refractivity contribution is 5.91. The van der Waals surface area contributed by atoms with Crippen LogP contribution in [0.1, 0.15) is 51.4 Å². The van der Waals surface area contributed by atoms with Crippen LogP contribution in [-0.2, 0) is 9.53 Å². The molecule has 6 heteroatoms. The van der Waals surface area contributed by atoms with E-state index in [4.69, 9.17) is 4.74 Å². The second kappa shape index (κ2) is 5.75. The van der Waals surface area contributed by atoms with E-state index in [-0.39, 0.29) is 17.9 Å². The van der Waals surface area contributed by atoms with Crippen molar-refractivity contribution >= 4 is 11.9 Å². The van der Waals surface area contributed by atoms with E-state index in [0.29, 0.717) is 17.9 Å². The number of carbonyl (C=O) groups is 1. The standard InChI is InChI=1S/C15H24N4O2/c1-9(2)13-12(5-4-8-21-13)14(20)16-15-18-17-10(3)19(15)11-6-7-11/h9,11-13H,4-8H2,1-3H3,(H,16,18,20). The predicted molar refractivity (Wildman–Crippen MR) is 79.0 cm³/mol. The Kier molecular flexibility index (Phi) is 3.97. The molecule has 2 heterocycles. The van der Waals surface area contributed by atoms with Gasteiger partial charge in [0.2, 0.25) is 11.9 Å². The third-order valence-corrected chi connectivity index (χ3v) is 4.37. The lowest BCUT2D eigenvalue weighted by Gasteiger charge is -2.33. The van der Waals surface area contributed by atoms with Gasteiger partial charge in [0.1, 0.15) is 5.82 Å². The summed E-state index contributed by atoms with van der Waals surface area (Å²) in [7, 11) is 0. The number of nitrogens with one attached hydrogen (secondary N) is 1. The van der Waals surface area contributed by atoms with Gasteiger partial charge in [-0.2, -0.15) is 0 Å². The lowest BCUT2D eigenvalue weighted by Crippen LogP contribution is -2.41. The van der Waals surface area contributed by atoms with Crippen LogP contribution < -0.4 is 5.32 Å². The first-order chi connectivity index (χ1) is 10.1. The van der Waals surface area contributed by atoms with Crippen LogP contribution in [0.3, 0.4) is 0 Å². The summed E-state index contributed by atoms with van der Waals surface area (Å²) in [5.41, 5.74) is 0. The molecular weight excluding hydrogens is 268 g/mol. The minimum atomic E-state index is -0.0941. The van der Waals surface area contributed by atoms with Crippen LogP contribution >= 0.6 is 0 Å². The molecule has 2 unspecified atom stereocenters. The van der Waals surface area contributed by atoms with E-state index < -0.39 is 0 Å². The minimum absolute atomic E-state index is 0.00265. The van der Waals surface area contributed by atoms with Gasteiger partial charge in [-0.15, -0.1) is 10.2 Å². The van der Waals surface area contributed by atoms with Crippen LogP contribution in [0.25, 0.3) is 0 Å². The molecule has 21 heavy (non-hydrogen) atoms. The fourth-order valence-electron chi connectivity index (χ4n) is 3.17. The summed E-state index contributed by atoms with van der Waals surface area (Å²) in [6.45, 7) is 6.89. The first-order valence-corrected chi connectivity index (χ1v) is 7.92. The van der Waals surface area contributed by atoms with E-state index in [0.717, 1.165) is 38.1 Å². The summed E-state index contributed by atoms with van der Waals surface area (Å²) >= 11 is 0. The summed E-state index contributed by atoms with van der Waals surface area (Å²) in [5.74, 6) is 1.72. The molecule has 1 amide bonds. The van der Waals surface area contributed by atoms with E-state index in [9.17, 15) is 4.79 Å². The van der Waals surface area contributed by atoms with Gasteiger partial charge >= 0.3 is 0 Å². The molecule has 1 aliphatic carbocycles. The van der Waals surface area contributed by atoms with Crippen molar-refractivity contribution in [1.29, 1.82) is 0 Å². The Balaban J connectivity index is 1.73. The number of nitrogens with zero attached hydrogens (tertiary/aromatic N) is 3. The topological polar surface area (TPSA) is 69.0 Å².